The smallest absolute Gasteiger partial charge is 0.146 e. The van der Waals surface area contributed by atoms with Crippen molar-refractivity contribution >= 4 is 5.69 Å². The number of nitrogens with two attached hydrogens (primary N) is 1. The van der Waals surface area contributed by atoms with Crippen molar-refractivity contribution in [2.24, 2.45) is 5.73 Å². The van der Waals surface area contributed by atoms with Gasteiger partial charge in [0.15, 0.2) is 0 Å². The summed E-state index contributed by atoms with van der Waals surface area (Å²) in [7, 11) is 0. The number of rotatable bonds is 3. The van der Waals surface area contributed by atoms with Gasteiger partial charge in [0, 0.05) is 12.6 Å². The first-order valence-electron chi connectivity index (χ1n) is 6.98. The van der Waals surface area contributed by atoms with Crippen molar-refractivity contribution in [2.45, 2.75) is 45.1 Å². The molecule has 2 N–H and O–H groups in total. The molecule has 0 aromatic heterocycles. The topological polar surface area (TPSA) is 29.3 Å². The molecule has 2 nitrogen and oxygen atoms in total. The van der Waals surface area contributed by atoms with Crippen molar-refractivity contribution in [1.82, 2.24) is 0 Å². The van der Waals surface area contributed by atoms with E-state index in [0.29, 0.717) is 12.6 Å². The number of nitrogens with zero attached hydrogens (tertiary/aromatic N) is 1. The molecule has 1 saturated heterocycles. The number of para-hydroxylation sites is 1. The van der Waals surface area contributed by atoms with Crippen LogP contribution >= 0.6 is 0 Å². The molecule has 0 spiro atoms. The largest absolute Gasteiger partial charge is 0.366 e. The minimum atomic E-state index is -0.102. The third-order valence-corrected chi connectivity index (χ3v) is 3.82. The summed E-state index contributed by atoms with van der Waals surface area (Å²) < 4.78 is 14.2. The van der Waals surface area contributed by atoms with E-state index >= 15 is 0 Å². The lowest BCUT2D eigenvalue weighted by atomic mass is 10.1. The average Bonchev–Trinajstić information content (AvgIpc) is 2.55. The molecule has 0 radical (unpaired) electrons. The lowest BCUT2D eigenvalue weighted by molar-refractivity contribution is 0.577. The Balaban J connectivity index is 2.34. The standard InChI is InChI=1S/C15H23FN2/c1-12-6-3-2-4-11-18(12)15-13(9-10-17)7-5-8-14(15)16/h5,7-8,12H,2-4,6,9-11,17H2,1H3. The van der Waals surface area contributed by atoms with E-state index in [-0.39, 0.29) is 5.82 Å². The zero-order chi connectivity index (χ0) is 13.0. The summed E-state index contributed by atoms with van der Waals surface area (Å²) in [6.45, 7) is 3.72. The van der Waals surface area contributed by atoms with Crippen molar-refractivity contribution in [3.8, 4) is 0 Å². The van der Waals surface area contributed by atoms with E-state index < -0.39 is 0 Å². The van der Waals surface area contributed by atoms with E-state index in [1.165, 1.54) is 12.8 Å². The summed E-state index contributed by atoms with van der Waals surface area (Å²) >= 11 is 0. The average molecular weight is 250 g/mol. The van der Waals surface area contributed by atoms with Gasteiger partial charge in [0.05, 0.1) is 5.69 Å². The van der Waals surface area contributed by atoms with Crippen LogP contribution in [0.4, 0.5) is 10.1 Å². The summed E-state index contributed by atoms with van der Waals surface area (Å²) in [6, 6.07) is 5.77. The van der Waals surface area contributed by atoms with Gasteiger partial charge >= 0.3 is 0 Å². The van der Waals surface area contributed by atoms with Crippen LogP contribution in [0, 0.1) is 5.82 Å². The summed E-state index contributed by atoms with van der Waals surface area (Å²) in [5.41, 5.74) is 7.47. The highest BCUT2D eigenvalue weighted by Crippen LogP contribution is 2.30. The van der Waals surface area contributed by atoms with E-state index in [4.69, 9.17) is 5.73 Å². The number of hydrogen-bond donors (Lipinski definition) is 1. The Hall–Kier alpha value is -1.09. The second-order valence-electron chi connectivity index (χ2n) is 5.18. The molecule has 0 aliphatic carbocycles. The van der Waals surface area contributed by atoms with Gasteiger partial charge in [-0.15, -0.1) is 0 Å². The highest BCUT2D eigenvalue weighted by atomic mass is 19.1. The first-order valence-corrected chi connectivity index (χ1v) is 6.98. The third-order valence-electron chi connectivity index (χ3n) is 3.82. The third kappa shape index (κ3) is 2.83. The Morgan fingerprint density at radius 2 is 2.17 bits per heavy atom. The van der Waals surface area contributed by atoms with Crippen LogP contribution in [-0.2, 0) is 6.42 Å². The van der Waals surface area contributed by atoms with E-state index in [9.17, 15) is 4.39 Å². The van der Waals surface area contributed by atoms with Crippen molar-refractivity contribution < 1.29 is 4.39 Å². The molecule has 0 bridgehead atoms. The van der Waals surface area contributed by atoms with Gasteiger partial charge in [0.2, 0.25) is 0 Å². The number of benzene rings is 1. The maximum absolute atomic E-state index is 14.2. The lowest BCUT2D eigenvalue weighted by Crippen LogP contribution is -2.34. The molecule has 1 aliphatic heterocycles. The van der Waals surface area contributed by atoms with Gasteiger partial charge < -0.3 is 10.6 Å². The Labute approximate surface area is 109 Å². The van der Waals surface area contributed by atoms with Crippen molar-refractivity contribution in [3.05, 3.63) is 29.6 Å². The normalized spacial score (nSPS) is 20.8. The van der Waals surface area contributed by atoms with Crippen molar-refractivity contribution in [1.29, 1.82) is 0 Å². The zero-order valence-corrected chi connectivity index (χ0v) is 11.2. The quantitative estimate of drug-likeness (QED) is 0.893. The van der Waals surface area contributed by atoms with Crippen LogP contribution in [0.15, 0.2) is 18.2 Å². The molecular formula is C15H23FN2. The molecule has 100 valence electrons. The maximum Gasteiger partial charge on any atom is 0.146 e. The zero-order valence-electron chi connectivity index (χ0n) is 11.2. The van der Waals surface area contributed by atoms with Crippen LogP contribution in [0.3, 0.4) is 0 Å². The molecule has 2 rings (SSSR count). The second-order valence-corrected chi connectivity index (χ2v) is 5.18. The molecule has 1 unspecified atom stereocenters. The second kappa shape index (κ2) is 6.19. The maximum atomic E-state index is 14.2. The molecule has 18 heavy (non-hydrogen) atoms. The fraction of sp³-hybridized carbons (Fsp3) is 0.600. The minimum absolute atomic E-state index is 0.102. The highest BCUT2D eigenvalue weighted by Gasteiger charge is 2.22. The van der Waals surface area contributed by atoms with Gasteiger partial charge in [-0.2, -0.15) is 0 Å². The molecule has 1 aliphatic rings. The van der Waals surface area contributed by atoms with E-state index in [1.54, 1.807) is 12.1 Å². The monoisotopic (exact) mass is 250 g/mol. The summed E-state index contributed by atoms with van der Waals surface area (Å²) in [4.78, 5) is 2.24. The lowest BCUT2D eigenvalue weighted by Gasteiger charge is -2.31. The first-order chi connectivity index (χ1) is 8.74. The molecule has 1 heterocycles. The fourth-order valence-corrected chi connectivity index (χ4v) is 2.85. The number of hydrogen-bond acceptors (Lipinski definition) is 2. The minimum Gasteiger partial charge on any atom is -0.366 e. The predicted octanol–water partition coefficient (Wildman–Crippen LogP) is 3.10. The van der Waals surface area contributed by atoms with E-state index in [1.807, 2.05) is 6.07 Å². The summed E-state index contributed by atoms with van der Waals surface area (Å²) in [5.74, 6) is -0.102. The SMILES string of the molecule is CC1CCCCCN1c1c(F)cccc1CCN. The van der Waals surface area contributed by atoms with Gasteiger partial charge in [0.25, 0.3) is 0 Å². The van der Waals surface area contributed by atoms with E-state index in [0.717, 1.165) is 37.1 Å². The first kappa shape index (κ1) is 13.3. The Morgan fingerprint density at radius 1 is 1.33 bits per heavy atom. The van der Waals surface area contributed by atoms with Crippen molar-refractivity contribution in [2.75, 3.05) is 18.0 Å². The predicted molar refractivity (Wildman–Crippen MR) is 74.4 cm³/mol. The molecule has 3 heteroatoms. The Morgan fingerprint density at radius 3 is 2.94 bits per heavy atom. The molecular weight excluding hydrogens is 227 g/mol. The molecule has 0 amide bonds. The highest BCUT2D eigenvalue weighted by molar-refractivity contribution is 5.56. The van der Waals surface area contributed by atoms with Crippen LogP contribution in [-0.4, -0.2) is 19.1 Å². The van der Waals surface area contributed by atoms with Crippen molar-refractivity contribution in [3.63, 3.8) is 0 Å². The fourth-order valence-electron chi connectivity index (χ4n) is 2.85. The summed E-state index contributed by atoms with van der Waals surface area (Å²) in [6.07, 6.45) is 5.55. The van der Waals surface area contributed by atoms with Gasteiger partial charge in [-0.1, -0.05) is 25.0 Å². The van der Waals surface area contributed by atoms with E-state index in [2.05, 4.69) is 11.8 Å². The summed E-state index contributed by atoms with van der Waals surface area (Å²) in [5, 5.41) is 0. The molecule has 1 aromatic rings. The van der Waals surface area contributed by atoms with Gasteiger partial charge in [-0.25, -0.2) is 4.39 Å². The number of halogens is 1. The van der Waals surface area contributed by atoms with Crippen LogP contribution < -0.4 is 10.6 Å². The van der Waals surface area contributed by atoms with Gasteiger partial charge in [-0.05, 0) is 44.4 Å². The molecule has 1 atom stereocenters. The van der Waals surface area contributed by atoms with Crippen LogP contribution in [0.1, 0.15) is 38.2 Å². The van der Waals surface area contributed by atoms with Gasteiger partial charge in [-0.3, -0.25) is 0 Å². The van der Waals surface area contributed by atoms with Crippen LogP contribution in [0.5, 0.6) is 0 Å². The Bertz CT molecular complexity index is 392. The van der Waals surface area contributed by atoms with Gasteiger partial charge in [0.1, 0.15) is 5.82 Å². The number of anilines is 1. The van der Waals surface area contributed by atoms with Crippen LogP contribution in [0.2, 0.25) is 0 Å². The van der Waals surface area contributed by atoms with Crippen LogP contribution in [0.25, 0.3) is 0 Å². The molecule has 1 aromatic carbocycles. The Kier molecular flexibility index (Phi) is 4.59. The molecule has 1 fully saturated rings. The molecule has 0 saturated carbocycles.